The molecule has 1 heterocycles. The first-order valence-electron chi connectivity index (χ1n) is 5.54. The van der Waals surface area contributed by atoms with Crippen LogP contribution in [0.1, 0.15) is 11.1 Å². The molecule has 3 N–H and O–H groups in total. The Balaban J connectivity index is 2.58. The molecule has 0 bridgehead atoms. The van der Waals surface area contributed by atoms with Gasteiger partial charge < -0.3 is 20.5 Å². The Kier molecular flexibility index (Phi) is 3.36. The number of hydrogen-bond donors (Lipinski definition) is 2. The quantitative estimate of drug-likeness (QED) is 0.874. The lowest BCUT2D eigenvalue weighted by molar-refractivity contribution is 0.0596. The van der Waals surface area contributed by atoms with Crippen LogP contribution in [-0.4, -0.2) is 26.3 Å². The van der Waals surface area contributed by atoms with Crippen molar-refractivity contribution in [2.75, 3.05) is 20.2 Å². The average Bonchev–Trinajstić information content (AvgIpc) is 2.71. The molecule has 0 spiro atoms. The molecule has 0 saturated carbocycles. The van der Waals surface area contributed by atoms with E-state index in [-0.39, 0.29) is 6.54 Å². The molecule has 0 radical (unpaired) electrons. The summed E-state index contributed by atoms with van der Waals surface area (Å²) in [6.45, 7) is 2.34. The molecule has 18 heavy (non-hydrogen) atoms. The molecular formula is C12H15ClN2O3. The molecule has 1 aromatic carbocycles. The number of carbonyl (C=O) groups excluding carboxylic acids is 1. The smallest absolute Gasteiger partial charge is 0.408 e. The van der Waals surface area contributed by atoms with Gasteiger partial charge in [0.05, 0.1) is 13.7 Å². The van der Waals surface area contributed by atoms with Crippen molar-refractivity contribution in [1.82, 2.24) is 5.32 Å². The van der Waals surface area contributed by atoms with Crippen LogP contribution in [0.3, 0.4) is 0 Å². The highest BCUT2D eigenvalue weighted by Gasteiger charge is 2.43. The first kappa shape index (κ1) is 13.0. The Bertz CT molecular complexity index is 492. The van der Waals surface area contributed by atoms with Gasteiger partial charge in [0.1, 0.15) is 5.75 Å². The summed E-state index contributed by atoms with van der Waals surface area (Å²) in [5.74, 6) is 0.640. The molecule has 0 aliphatic carbocycles. The molecule has 1 aliphatic rings. The molecule has 5 nitrogen and oxygen atoms in total. The third-order valence-corrected chi connectivity index (χ3v) is 3.29. The highest BCUT2D eigenvalue weighted by Crippen LogP contribution is 2.38. The van der Waals surface area contributed by atoms with E-state index in [4.69, 9.17) is 26.8 Å². The number of alkyl carbamates (subject to hydrolysis) is 1. The van der Waals surface area contributed by atoms with E-state index < -0.39 is 11.7 Å². The number of nitrogens with two attached hydrogens (primary N) is 1. The normalized spacial score (nSPS) is 22.6. The van der Waals surface area contributed by atoms with Crippen LogP contribution in [-0.2, 0) is 10.3 Å². The van der Waals surface area contributed by atoms with Gasteiger partial charge in [0, 0.05) is 17.1 Å². The van der Waals surface area contributed by atoms with Gasteiger partial charge in [0.2, 0.25) is 0 Å². The van der Waals surface area contributed by atoms with E-state index in [0.717, 1.165) is 5.56 Å². The van der Waals surface area contributed by atoms with Crippen LogP contribution < -0.4 is 15.8 Å². The van der Waals surface area contributed by atoms with Crippen molar-refractivity contribution in [3.05, 3.63) is 28.3 Å². The molecule has 1 saturated heterocycles. The van der Waals surface area contributed by atoms with Crippen molar-refractivity contribution >= 4 is 17.7 Å². The van der Waals surface area contributed by atoms with Gasteiger partial charge in [-0.15, -0.1) is 0 Å². The summed E-state index contributed by atoms with van der Waals surface area (Å²) in [7, 11) is 1.56. The molecule has 1 atom stereocenters. The molecule has 1 aromatic rings. The number of aryl methyl sites for hydroxylation is 1. The Labute approximate surface area is 110 Å². The molecule has 0 aromatic heterocycles. The van der Waals surface area contributed by atoms with Crippen LogP contribution in [0.15, 0.2) is 12.1 Å². The minimum atomic E-state index is -0.919. The minimum absolute atomic E-state index is 0.155. The molecule has 1 amide bonds. The lowest BCUT2D eigenvalue weighted by atomic mass is 9.91. The predicted octanol–water partition coefficient (Wildman–Crippen LogP) is 1.55. The fraction of sp³-hybridized carbons (Fsp3) is 0.417. The van der Waals surface area contributed by atoms with Crippen LogP contribution in [0.2, 0.25) is 5.02 Å². The van der Waals surface area contributed by atoms with Gasteiger partial charge in [-0.25, -0.2) is 4.79 Å². The van der Waals surface area contributed by atoms with Crippen molar-refractivity contribution in [3.63, 3.8) is 0 Å². The van der Waals surface area contributed by atoms with Crippen LogP contribution in [0.5, 0.6) is 5.75 Å². The van der Waals surface area contributed by atoms with Crippen LogP contribution in [0.25, 0.3) is 0 Å². The molecule has 6 heteroatoms. The number of ether oxygens (including phenoxy) is 2. The van der Waals surface area contributed by atoms with E-state index in [1.807, 2.05) is 6.92 Å². The number of carbonyl (C=O) groups is 1. The van der Waals surface area contributed by atoms with Gasteiger partial charge in [-0.2, -0.15) is 0 Å². The van der Waals surface area contributed by atoms with Gasteiger partial charge in [0.15, 0.2) is 5.60 Å². The number of rotatable bonds is 3. The Morgan fingerprint density at radius 2 is 2.33 bits per heavy atom. The molecule has 1 fully saturated rings. The first-order valence-corrected chi connectivity index (χ1v) is 5.92. The fourth-order valence-electron chi connectivity index (χ4n) is 2.18. The summed E-state index contributed by atoms with van der Waals surface area (Å²) in [6.07, 6.45) is -0.486. The van der Waals surface area contributed by atoms with Crippen molar-refractivity contribution < 1.29 is 14.3 Å². The molecular weight excluding hydrogens is 256 g/mol. The number of hydrogen-bond acceptors (Lipinski definition) is 4. The van der Waals surface area contributed by atoms with Crippen molar-refractivity contribution in [3.8, 4) is 5.75 Å². The van der Waals surface area contributed by atoms with Crippen LogP contribution in [0, 0.1) is 6.92 Å². The number of cyclic esters (lactones) is 1. The van der Waals surface area contributed by atoms with Gasteiger partial charge in [-0.05, 0) is 24.6 Å². The van der Waals surface area contributed by atoms with Gasteiger partial charge in [0.25, 0.3) is 0 Å². The first-order chi connectivity index (χ1) is 8.52. The SMILES string of the molecule is COc1c(C)cc(Cl)cc1C1(CN)CNC(=O)O1. The summed E-state index contributed by atoms with van der Waals surface area (Å²) < 4.78 is 10.7. The number of amides is 1. The maximum atomic E-state index is 11.3. The van der Waals surface area contributed by atoms with E-state index in [0.29, 0.717) is 22.9 Å². The topological polar surface area (TPSA) is 73.6 Å². The Morgan fingerprint density at radius 3 is 2.83 bits per heavy atom. The lowest BCUT2D eigenvalue weighted by Gasteiger charge is -2.27. The minimum Gasteiger partial charge on any atom is -0.496 e. The zero-order valence-electron chi connectivity index (χ0n) is 10.2. The summed E-state index contributed by atoms with van der Waals surface area (Å²) in [6, 6.07) is 3.51. The molecule has 2 rings (SSSR count). The molecule has 1 unspecified atom stereocenters. The highest BCUT2D eigenvalue weighted by atomic mass is 35.5. The second-order valence-electron chi connectivity index (χ2n) is 4.24. The van der Waals surface area contributed by atoms with E-state index in [2.05, 4.69) is 5.32 Å². The largest absolute Gasteiger partial charge is 0.496 e. The number of halogens is 1. The fourth-order valence-corrected chi connectivity index (χ4v) is 2.45. The van der Waals surface area contributed by atoms with E-state index in [9.17, 15) is 4.79 Å². The van der Waals surface area contributed by atoms with Crippen molar-refractivity contribution in [2.24, 2.45) is 5.73 Å². The average molecular weight is 271 g/mol. The molecule has 1 aliphatic heterocycles. The maximum Gasteiger partial charge on any atom is 0.408 e. The number of benzene rings is 1. The Morgan fingerprint density at radius 1 is 1.61 bits per heavy atom. The van der Waals surface area contributed by atoms with Gasteiger partial charge in [-0.3, -0.25) is 0 Å². The third-order valence-electron chi connectivity index (χ3n) is 3.07. The zero-order chi connectivity index (χ0) is 13.3. The summed E-state index contributed by atoms with van der Waals surface area (Å²) in [4.78, 5) is 11.3. The number of methoxy groups -OCH3 is 1. The zero-order valence-corrected chi connectivity index (χ0v) is 11.0. The van der Waals surface area contributed by atoms with Gasteiger partial charge >= 0.3 is 6.09 Å². The number of nitrogens with one attached hydrogen (secondary N) is 1. The lowest BCUT2D eigenvalue weighted by Crippen LogP contribution is -2.39. The van der Waals surface area contributed by atoms with Crippen molar-refractivity contribution in [2.45, 2.75) is 12.5 Å². The van der Waals surface area contributed by atoms with Crippen LogP contribution in [0.4, 0.5) is 4.79 Å². The third kappa shape index (κ3) is 2.00. The monoisotopic (exact) mass is 270 g/mol. The van der Waals surface area contributed by atoms with E-state index in [1.54, 1.807) is 19.2 Å². The summed E-state index contributed by atoms with van der Waals surface area (Å²) >= 11 is 6.06. The van der Waals surface area contributed by atoms with Crippen LogP contribution >= 0.6 is 11.6 Å². The van der Waals surface area contributed by atoms with Crippen molar-refractivity contribution in [1.29, 1.82) is 0 Å². The standard InChI is InChI=1S/C12H15ClN2O3/c1-7-3-8(13)4-9(10(7)17-2)12(5-14)6-15-11(16)18-12/h3-4H,5-6,14H2,1-2H3,(H,15,16). The Hall–Kier alpha value is -1.46. The summed E-state index contributed by atoms with van der Waals surface area (Å²) in [5.41, 5.74) is 6.41. The highest BCUT2D eigenvalue weighted by molar-refractivity contribution is 6.30. The second kappa shape index (κ2) is 4.66. The predicted molar refractivity (Wildman–Crippen MR) is 68.0 cm³/mol. The maximum absolute atomic E-state index is 11.3. The second-order valence-corrected chi connectivity index (χ2v) is 4.68. The van der Waals surface area contributed by atoms with E-state index >= 15 is 0 Å². The van der Waals surface area contributed by atoms with Gasteiger partial charge in [-0.1, -0.05) is 11.6 Å². The summed E-state index contributed by atoms with van der Waals surface area (Å²) in [5, 5.41) is 3.16. The molecule has 98 valence electrons. The van der Waals surface area contributed by atoms with E-state index in [1.165, 1.54) is 0 Å².